The molecule has 5 heterocycles. The van der Waals surface area contributed by atoms with E-state index in [2.05, 4.69) is 20.0 Å². The fraction of sp³-hybridized carbons (Fsp3) is 0.381. The highest BCUT2D eigenvalue weighted by molar-refractivity contribution is 7.90. The first-order chi connectivity index (χ1) is 15.3. The minimum Gasteiger partial charge on any atom is -0.377 e. The molecular formula is C21H21ClN6O3S. The highest BCUT2D eigenvalue weighted by atomic mass is 35.5. The second-order valence-electron chi connectivity index (χ2n) is 8.67. The molecule has 1 N–H and O–H groups in total. The molecule has 0 radical (unpaired) electrons. The van der Waals surface area contributed by atoms with Gasteiger partial charge in [0.2, 0.25) is 0 Å². The number of pyridine rings is 1. The van der Waals surface area contributed by atoms with Gasteiger partial charge in [-0.1, -0.05) is 11.6 Å². The average molecular weight is 473 g/mol. The lowest BCUT2D eigenvalue weighted by molar-refractivity contribution is -0.0656. The molecule has 1 unspecified atom stereocenters. The van der Waals surface area contributed by atoms with Crippen LogP contribution in [0.5, 0.6) is 0 Å². The number of aromatic nitrogens is 5. The molecule has 2 aliphatic heterocycles. The predicted molar refractivity (Wildman–Crippen MR) is 120 cm³/mol. The number of halogens is 1. The van der Waals surface area contributed by atoms with E-state index in [0.29, 0.717) is 35.7 Å². The van der Waals surface area contributed by atoms with Crippen LogP contribution in [-0.4, -0.2) is 64.3 Å². The number of hydrogen-bond donors (Lipinski definition) is 1. The minimum atomic E-state index is -3.50. The molecule has 0 saturated carbocycles. The molecule has 9 nitrogen and oxygen atoms in total. The van der Waals surface area contributed by atoms with Crippen molar-refractivity contribution in [3.63, 3.8) is 0 Å². The molecular weight excluding hydrogens is 452 g/mol. The van der Waals surface area contributed by atoms with Crippen molar-refractivity contribution in [1.29, 1.82) is 0 Å². The predicted octanol–water partition coefficient (Wildman–Crippen LogP) is 2.19. The molecule has 2 fully saturated rings. The number of benzene rings is 1. The van der Waals surface area contributed by atoms with Crippen molar-refractivity contribution in [2.24, 2.45) is 0 Å². The number of rotatable bonds is 4. The zero-order valence-corrected chi connectivity index (χ0v) is 18.9. The van der Waals surface area contributed by atoms with E-state index in [-0.39, 0.29) is 16.6 Å². The standard InChI is InChI=1S/C21H21ClN6O3S/c1-32(29,30)20-15-4-5-23-9-18(15)27(26-20)10-19-25-16-6-13(22)2-3-17(16)28(19)14-7-21(24-8-14)11-31-12-21/h2-6,9,14,24H,7-8,10-12H2,1H3. The summed E-state index contributed by atoms with van der Waals surface area (Å²) in [6, 6.07) is 7.58. The van der Waals surface area contributed by atoms with Crippen LogP contribution in [0, 0.1) is 0 Å². The zero-order valence-electron chi connectivity index (χ0n) is 17.3. The van der Waals surface area contributed by atoms with E-state index in [1.54, 1.807) is 23.1 Å². The molecule has 0 bridgehead atoms. The number of ether oxygens (including phenoxy) is 1. The number of fused-ring (bicyclic) bond motifs is 2. The Labute approximate surface area is 189 Å². The first kappa shape index (κ1) is 20.1. The van der Waals surface area contributed by atoms with Crippen LogP contribution in [0.4, 0.5) is 0 Å². The summed E-state index contributed by atoms with van der Waals surface area (Å²) in [6.07, 6.45) is 5.31. The molecule has 166 valence electrons. The van der Waals surface area contributed by atoms with Crippen LogP contribution >= 0.6 is 11.6 Å². The molecule has 3 aromatic heterocycles. The maximum atomic E-state index is 12.3. The molecule has 0 aliphatic carbocycles. The molecule has 1 atom stereocenters. The molecule has 32 heavy (non-hydrogen) atoms. The fourth-order valence-corrected chi connectivity index (χ4v) is 5.83. The summed E-state index contributed by atoms with van der Waals surface area (Å²) in [4.78, 5) is 9.05. The number of nitrogens with zero attached hydrogens (tertiary/aromatic N) is 5. The zero-order chi connectivity index (χ0) is 22.1. The van der Waals surface area contributed by atoms with E-state index >= 15 is 0 Å². The van der Waals surface area contributed by atoms with Crippen LogP contribution in [0.1, 0.15) is 18.3 Å². The maximum absolute atomic E-state index is 12.3. The van der Waals surface area contributed by atoms with Crippen LogP contribution in [0.3, 0.4) is 0 Å². The summed E-state index contributed by atoms with van der Waals surface area (Å²) in [5, 5.41) is 9.29. The van der Waals surface area contributed by atoms with Gasteiger partial charge in [0.1, 0.15) is 5.82 Å². The Morgan fingerprint density at radius 3 is 2.84 bits per heavy atom. The van der Waals surface area contributed by atoms with Gasteiger partial charge in [-0.15, -0.1) is 0 Å². The molecule has 11 heteroatoms. The quantitative estimate of drug-likeness (QED) is 0.485. The topological polar surface area (TPSA) is 104 Å². The fourth-order valence-electron chi connectivity index (χ4n) is 4.84. The first-order valence-electron chi connectivity index (χ1n) is 10.3. The van der Waals surface area contributed by atoms with Crippen LogP contribution in [0.25, 0.3) is 21.9 Å². The molecule has 0 amide bonds. The van der Waals surface area contributed by atoms with Gasteiger partial charge in [-0.2, -0.15) is 5.10 Å². The van der Waals surface area contributed by atoms with Crippen molar-refractivity contribution in [1.82, 2.24) is 29.6 Å². The molecule has 4 aromatic rings. The van der Waals surface area contributed by atoms with Crippen molar-refractivity contribution in [2.75, 3.05) is 26.0 Å². The van der Waals surface area contributed by atoms with E-state index in [4.69, 9.17) is 21.3 Å². The molecule has 2 aliphatic rings. The minimum absolute atomic E-state index is 0.0245. The van der Waals surface area contributed by atoms with Crippen LogP contribution in [0.15, 0.2) is 41.7 Å². The molecule has 1 spiro atoms. The highest BCUT2D eigenvalue weighted by Crippen LogP contribution is 2.36. The van der Waals surface area contributed by atoms with Gasteiger partial charge >= 0.3 is 0 Å². The van der Waals surface area contributed by atoms with Gasteiger partial charge in [-0.25, -0.2) is 13.4 Å². The lowest BCUT2D eigenvalue weighted by Gasteiger charge is -2.38. The van der Waals surface area contributed by atoms with E-state index in [0.717, 1.165) is 29.8 Å². The average Bonchev–Trinajstić information content (AvgIpc) is 3.41. The number of sulfone groups is 1. The first-order valence-corrected chi connectivity index (χ1v) is 12.6. The Morgan fingerprint density at radius 1 is 1.28 bits per heavy atom. The van der Waals surface area contributed by atoms with Crippen LogP contribution < -0.4 is 5.32 Å². The number of hydrogen-bond acceptors (Lipinski definition) is 7. The van der Waals surface area contributed by atoms with Crippen molar-refractivity contribution in [3.05, 3.63) is 47.5 Å². The molecule has 2 saturated heterocycles. The van der Waals surface area contributed by atoms with Gasteiger partial charge in [0, 0.05) is 35.4 Å². The highest BCUT2D eigenvalue weighted by Gasteiger charge is 2.46. The SMILES string of the molecule is CS(=O)(=O)c1nn(Cc2nc3cc(Cl)ccc3n2C2CNC3(COC3)C2)c2cnccc12. The van der Waals surface area contributed by atoms with E-state index in [9.17, 15) is 8.42 Å². The number of imidazole rings is 1. The summed E-state index contributed by atoms with van der Waals surface area (Å²) in [5.74, 6) is 0.791. The van der Waals surface area contributed by atoms with E-state index in [1.165, 1.54) is 6.26 Å². The second kappa shape index (κ2) is 6.98. The Bertz CT molecular complexity index is 1470. The van der Waals surface area contributed by atoms with Crippen LogP contribution in [0.2, 0.25) is 5.02 Å². The Kier molecular flexibility index (Phi) is 4.39. The van der Waals surface area contributed by atoms with Crippen molar-refractivity contribution in [3.8, 4) is 0 Å². The summed E-state index contributed by atoms with van der Waals surface area (Å²) in [5.41, 5.74) is 2.47. The second-order valence-corrected chi connectivity index (χ2v) is 11.0. The summed E-state index contributed by atoms with van der Waals surface area (Å²) < 4.78 is 34.0. The third kappa shape index (κ3) is 3.13. The number of nitrogens with one attached hydrogen (secondary N) is 1. The Morgan fingerprint density at radius 2 is 2.12 bits per heavy atom. The van der Waals surface area contributed by atoms with Crippen LogP contribution in [-0.2, 0) is 21.1 Å². The van der Waals surface area contributed by atoms with Crippen molar-refractivity contribution in [2.45, 2.75) is 29.6 Å². The van der Waals surface area contributed by atoms with Crippen molar-refractivity contribution < 1.29 is 13.2 Å². The van der Waals surface area contributed by atoms with Gasteiger partial charge < -0.3 is 14.6 Å². The Hall–Kier alpha value is -2.53. The third-order valence-electron chi connectivity index (χ3n) is 6.35. The largest absolute Gasteiger partial charge is 0.377 e. The van der Waals surface area contributed by atoms with Gasteiger partial charge in [0.25, 0.3) is 0 Å². The summed E-state index contributed by atoms with van der Waals surface area (Å²) in [7, 11) is -3.50. The summed E-state index contributed by atoms with van der Waals surface area (Å²) in [6.45, 7) is 2.54. The van der Waals surface area contributed by atoms with Gasteiger partial charge in [0.15, 0.2) is 14.9 Å². The monoisotopic (exact) mass is 472 g/mol. The van der Waals surface area contributed by atoms with Crippen molar-refractivity contribution >= 4 is 43.4 Å². The van der Waals surface area contributed by atoms with E-state index < -0.39 is 9.84 Å². The molecule has 6 rings (SSSR count). The maximum Gasteiger partial charge on any atom is 0.195 e. The third-order valence-corrected chi connectivity index (χ3v) is 7.59. The Balaban J connectivity index is 1.49. The lowest BCUT2D eigenvalue weighted by Crippen LogP contribution is -2.56. The lowest BCUT2D eigenvalue weighted by atomic mass is 9.94. The summed E-state index contributed by atoms with van der Waals surface area (Å²) >= 11 is 6.24. The smallest absolute Gasteiger partial charge is 0.195 e. The normalized spacial score (nSPS) is 20.4. The van der Waals surface area contributed by atoms with Gasteiger partial charge in [-0.3, -0.25) is 9.67 Å². The van der Waals surface area contributed by atoms with E-state index in [1.807, 2.05) is 18.2 Å². The van der Waals surface area contributed by atoms with Gasteiger partial charge in [-0.05, 0) is 30.7 Å². The van der Waals surface area contributed by atoms with Gasteiger partial charge in [0.05, 0.1) is 48.0 Å². The molecule has 1 aromatic carbocycles.